The Morgan fingerprint density at radius 1 is 1.23 bits per heavy atom. The van der Waals surface area contributed by atoms with E-state index < -0.39 is 0 Å². The third-order valence-corrected chi connectivity index (χ3v) is 5.56. The summed E-state index contributed by atoms with van der Waals surface area (Å²) < 4.78 is 5.72. The molecule has 0 radical (unpaired) electrons. The van der Waals surface area contributed by atoms with Gasteiger partial charge in [0.1, 0.15) is 6.07 Å². The number of carbonyl (C=O) groups excluding carboxylic acids is 1. The van der Waals surface area contributed by atoms with Gasteiger partial charge in [-0.25, -0.2) is 0 Å². The molecule has 0 saturated carbocycles. The number of hydrogen-bond donors (Lipinski definition) is 0. The lowest BCUT2D eigenvalue weighted by atomic mass is 10.1. The van der Waals surface area contributed by atoms with Crippen LogP contribution < -0.4 is 0 Å². The Morgan fingerprint density at radius 3 is 2.73 bits per heavy atom. The van der Waals surface area contributed by atoms with Crippen molar-refractivity contribution in [3.8, 4) is 6.07 Å². The van der Waals surface area contributed by atoms with Crippen LogP contribution in [-0.2, 0) is 4.74 Å². The van der Waals surface area contributed by atoms with Crippen molar-refractivity contribution in [1.82, 2.24) is 4.90 Å². The number of amides is 1. The Labute approximate surface area is 158 Å². The number of ether oxygens (including phenoxy) is 1. The molecule has 2 aromatic rings. The van der Waals surface area contributed by atoms with Gasteiger partial charge in [0, 0.05) is 29.5 Å². The molecule has 1 atom stereocenters. The maximum absolute atomic E-state index is 13.1. The molecule has 0 spiro atoms. The highest BCUT2D eigenvalue weighted by Crippen LogP contribution is 2.33. The van der Waals surface area contributed by atoms with E-state index in [2.05, 4.69) is 6.07 Å². The van der Waals surface area contributed by atoms with Gasteiger partial charge in [0.05, 0.1) is 17.2 Å². The van der Waals surface area contributed by atoms with Crippen molar-refractivity contribution in [3.63, 3.8) is 0 Å². The Morgan fingerprint density at radius 2 is 1.96 bits per heavy atom. The molecule has 1 heterocycles. The third-order valence-electron chi connectivity index (χ3n) is 4.41. The minimum Gasteiger partial charge on any atom is -0.377 e. The topological polar surface area (TPSA) is 53.3 Å². The number of nitrogens with zero attached hydrogens (tertiary/aromatic N) is 2. The summed E-state index contributed by atoms with van der Waals surface area (Å²) in [6, 6.07) is 17.3. The molecule has 0 aromatic heterocycles. The van der Waals surface area contributed by atoms with Gasteiger partial charge >= 0.3 is 0 Å². The quantitative estimate of drug-likeness (QED) is 0.789. The van der Waals surface area contributed by atoms with Gasteiger partial charge in [0.2, 0.25) is 0 Å². The fourth-order valence-electron chi connectivity index (χ4n) is 3.16. The van der Waals surface area contributed by atoms with Crippen LogP contribution in [0.25, 0.3) is 0 Å². The summed E-state index contributed by atoms with van der Waals surface area (Å²) in [6.07, 6.45) is 2.09. The van der Waals surface area contributed by atoms with Crippen molar-refractivity contribution in [3.05, 3.63) is 59.7 Å². The summed E-state index contributed by atoms with van der Waals surface area (Å²) in [7, 11) is 0. The highest BCUT2D eigenvalue weighted by Gasteiger charge is 2.26. The van der Waals surface area contributed by atoms with Crippen LogP contribution >= 0.6 is 11.8 Å². The highest BCUT2D eigenvalue weighted by molar-refractivity contribution is 7.99. The van der Waals surface area contributed by atoms with Crippen LogP contribution in [0.2, 0.25) is 0 Å². The van der Waals surface area contributed by atoms with Crippen molar-refractivity contribution in [1.29, 1.82) is 5.26 Å². The second-order valence-corrected chi connectivity index (χ2v) is 7.26. The smallest absolute Gasteiger partial charge is 0.255 e. The molecule has 1 saturated heterocycles. The minimum absolute atomic E-state index is 0.0342. The number of carbonyl (C=O) groups is 1. The number of piperidine rings is 1. The molecule has 134 valence electrons. The minimum atomic E-state index is 0.0342. The van der Waals surface area contributed by atoms with Crippen molar-refractivity contribution >= 4 is 17.7 Å². The third kappa shape index (κ3) is 4.27. The van der Waals surface area contributed by atoms with Gasteiger partial charge in [-0.2, -0.15) is 5.26 Å². The normalized spacial score (nSPS) is 16.9. The number of rotatable bonds is 5. The molecule has 3 rings (SSSR count). The fraction of sp³-hybridized carbons (Fsp3) is 0.333. The highest BCUT2D eigenvalue weighted by atomic mass is 32.2. The molecule has 1 amide bonds. The monoisotopic (exact) mass is 366 g/mol. The second kappa shape index (κ2) is 8.88. The molecule has 1 unspecified atom stereocenters. The fourth-order valence-corrected chi connectivity index (χ4v) is 4.18. The summed E-state index contributed by atoms with van der Waals surface area (Å²) >= 11 is 1.47. The second-order valence-electron chi connectivity index (χ2n) is 6.18. The number of nitriles is 1. The number of hydrogen-bond acceptors (Lipinski definition) is 4. The first kappa shape index (κ1) is 18.5. The molecular formula is C21H22N2O2S. The van der Waals surface area contributed by atoms with Crippen LogP contribution in [-0.4, -0.2) is 36.6 Å². The van der Waals surface area contributed by atoms with Gasteiger partial charge in [0.15, 0.2) is 0 Å². The molecule has 1 aliphatic rings. The first-order chi connectivity index (χ1) is 12.7. The van der Waals surface area contributed by atoms with E-state index in [1.54, 1.807) is 6.07 Å². The van der Waals surface area contributed by atoms with Crippen LogP contribution in [0.15, 0.2) is 58.3 Å². The molecule has 4 nitrogen and oxygen atoms in total. The zero-order valence-corrected chi connectivity index (χ0v) is 15.7. The predicted molar refractivity (Wildman–Crippen MR) is 102 cm³/mol. The number of likely N-dealkylation sites (tertiary alicyclic amines) is 1. The van der Waals surface area contributed by atoms with Crippen LogP contribution in [0, 0.1) is 11.3 Å². The van der Waals surface area contributed by atoms with Crippen LogP contribution in [0.1, 0.15) is 35.7 Å². The summed E-state index contributed by atoms with van der Waals surface area (Å²) in [4.78, 5) is 16.7. The first-order valence-electron chi connectivity index (χ1n) is 8.89. The molecule has 0 aliphatic carbocycles. The maximum atomic E-state index is 13.1. The van der Waals surface area contributed by atoms with E-state index in [1.165, 1.54) is 11.8 Å². The maximum Gasteiger partial charge on any atom is 0.255 e. The molecule has 5 heteroatoms. The largest absolute Gasteiger partial charge is 0.377 e. The van der Waals surface area contributed by atoms with Crippen LogP contribution in [0.4, 0.5) is 0 Å². The van der Waals surface area contributed by atoms with Gasteiger partial charge in [-0.05, 0) is 44.0 Å². The van der Waals surface area contributed by atoms with Gasteiger partial charge < -0.3 is 9.64 Å². The lowest BCUT2D eigenvalue weighted by molar-refractivity contribution is 0.00712. The Bertz CT molecular complexity index is 814. The van der Waals surface area contributed by atoms with Crippen molar-refractivity contribution in [2.75, 3.05) is 19.7 Å². The van der Waals surface area contributed by atoms with Crippen LogP contribution in [0.3, 0.4) is 0 Å². The Kier molecular flexibility index (Phi) is 6.32. The Balaban J connectivity index is 1.83. The van der Waals surface area contributed by atoms with Gasteiger partial charge in [-0.15, -0.1) is 0 Å². The molecule has 1 aliphatic heterocycles. The van der Waals surface area contributed by atoms with Gasteiger partial charge in [-0.1, -0.05) is 36.0 Å². The molecule has 0 bridgehead atoms. The van der Waals surface area contributed by atoms with Gasteiger partial charge in [-0.3, -0.25) is 4.79 Å². The van der Waals surface area contributed by atoms with Crippen molar-refractivity contribution in [2.45, 2.75) is 35.7 Å². The molecule has 0 N–H and O–H groups in total. The SMILES string of the molecule is CCOC1CCCN(C(=O)c2ccccc2Sc2ccccc2C#N)C1. The van der Waals surface area contributed by atoms with Crippen molar-refractivity contribution in [2.24, 2.45) is 0 Å². The summed E-state index contributed by atoms with van der Waals surface area (Å²) in [5.41, 5.74) is 1.30. The Hall–Kier alpha value is -2.29. The van der Waals surface area contributed by atoms with E-state index in [1.807, 2.05) is 54.3 Å². The zero-order valence-electron chi connectivity index (χ0n) is 14.9. The van der Waals surface area contributed by atoms with E-state index in [0.717, 1.165) is 29.2 Å². The molecule has 1 fully saturated rings. The molecule has 2 aromatic carbocycles. The lowest BCUT2D eigenvalue weighted by Gasteiger charge is -2.33. The predicted octanol–water partition coefficient (Wildman–Crippen LogP) is 4.35. The van der Waals surface area contributed by atoms with Gasteiger partial charge in [0.25, 0.3) is 5.91 Å². The summed E-state index contributed by atoms with van der Waals surface area (Å²) in [5.74, 6) is 0.0342. The van der Waals surface area contributed by atoms with E-state index in [9.17, 15) is 10.1 Å². The standard InChI is InChI=1S/C21H22N2O2S/c1-2-25-17-9-7-13-23(15-17)21(24)18-10-4-6-12-20(18)26-19-11-5-3-8-16(19)14-22/h3-6,8,10-12,17H,2,7,9,13,15H2,1H3. The van der Waals surface area contributed by atoms with E-state index in [-0.39, 0.29) is 12.0 Å². The number of benzene rings is 2. The van der Waals surface area contributed by atoms with Crippen molar-refractivity contribution < 1.29 is 9.53 Å². The van der Waals surface area contributed by atoms with E-state index in [4.69, 9.17) is 4.74 Å². The molecule has 26 heavy (non-hydrogen) atoms. The zero-order chi connectivity index (χ0) is 18.4. The lowest BCUT2D eigenvalue weighted by Crippen LogP contribution is -2.43. The van der Waals surface area contributed by atoms with E-state index >= 15 is 0 Å². The summed E-state index contributed by atoms with van der Waals surface area (Å²) in [5, 5.41) is 9.31. The average molecular weight is 366 g/mol. The summed E-state index contributed by atoms with van der Waals surface area (Å²) in [6.45, 7) is 4.06. The first-order valence-corrected chi connectivity index (χ1v) is 9.71. The van der Waals surface area contributed by atoms with E-state index in [0.29, 0.717) is 24.3 Å². The van der Waals surface area contributed by atoms with Crippen LogP contribution in [0.5, 0.6) is 0 Å². The molecular weight excluding hydrogens is 344 g/mol. The average Bonchev–Trinajstić information content (AvgIpc) is 2.69.